The molecule has 0 bridgehead atoms. The lowest BCUT2D eigenvalue weighted by molar-refractivity contribution is 0.228. The molecule has 2 aromatic rings. The highest BCUT2D eigenvalue weighted by Crippen LogP contribution is 2.45. The van der Waals surface area contributed by atoms with Crippen molar-refractivity contribution >= 4 is 0 Å². The lowest BCUT2D eigenvalue weighted by Gasteiger charge is -2.15. The first kappa shape index (κ1) is 17.4. The molecule has 0 radical (unpaired) electrons. The second-order valence-electron chi connectivity index (χ2n) is 6.04. The molecule has 1 N–H and O–H groups in total. The topological polar surface area (TPSA) is 57.2 Å². The van der Waals surface area contributed by atoms with E-state index in [9.17, 15) is 0 Å². The zero-order valence-electron chi connectivity index (χ0n) is 14.9. The third kappa shape index (κ3) is 3.51. The van der Waals surface area contributed by atoms with Gasteiger partial charge in [0, 0.05) is 18.6 Å². The Morgan fingerprint density at radius 3 is 2.44 bits per heavy atom. The molecule has 0 saturated carbocycles. The molecule has 0 saturated heterocycles. The van der Waals surface area contributed by atoms with Crippen LogP contribution >= 0.6 is 0 Å². The van der Waals surface area contributed by atoms with Crippen molar-refractivity contribution in [3.8, 4) is 23.0 Å². The van der Waals surface area contributed by atoms with Crippen LogP contribution in [-0.2, 0) is 12.8 Å². The van der Waals surface area contributed by atoms with Crippen LogP contribution < -0.4 is 18.9 Å². The summed E-state index contributed by atoms with van der Waals surface area (Å²) in [4.78, 5) is 0. The van der Waals surface area contributed by atoms with Crippen molar-refractivity contribution in [2.24, 2.45) is 0 Å². The number of rotatable bonds is 7. The van der Waals surface area contributed by atoms with Crippen molar-refractivity contribution in [2.45, 2.75) is 25.4 Å². The molecule has 0 aliphatic carbocycles. The lowest BCUT2D eigenvalue weighted by atomic mass is 10.00. The number of fused-ring (bicyclic) bond motifs is 1. The van der Waals surface area contributed by atoms with E-state index < -0.39 is 0 Å². The van der Waals surface area contributed by atoms with Crippen molar-refractivity contribution in [1.29, 1.82) is 0 Å². The minimum absolute atomic E-state index is 0.0863. The minimum Gasteiger partial charge on any atom is -0.493 e. The van der Waals surface area contributed by atoms with Crippen molar-refractivity contribution in [2.75, 3.05) is 27.9 Å². The van der Waals surface area contributed by atoms with Gasteiger partial charge in [-0.05, 0) is 42.2 Å². The summed E-state index contributed by atoms with van der Waals surface area (Å²) in [7, 11) is 4.90. The Morgan fingerprint density at radius 1 is 1.00 bits per heavy atom. The van der Waals surface area contributed by atoms with Crippen molar-refractivity contribution in [3.63, 3.8) is 0 Å². The fourth-order valence-corrected chi connectivity index (χ4v) is 3.21. The molecule has 0 aromatic heterocycles. The van der Waals surface area contributed by atoms with Gasteiger partial charge in [0.15, 0.2) is 23.0 Å². The molecule has 0 unspecified atom stereocenters. The number of benzene rings is 2. The van der Waals surface area contributed by atoms with Gasteiger partial charge in [-0.3, -0.25) is 0 Å². The third-order valence-electron chi connectivity index (χ3n) is 4.48. The number of ether oxygens (including phenoxy) is 4. The normalized spacial score (nSPS) is 15.4. The number of aliphatic hydroxyl groups is 1. The number of hydrogen-bond acceptors (Lipinski definition) is 5. The zero-order valence-corrected chi connectivity index (χ0v) is 14.9. The highest BCUT2D eigenvalue weighted by atomic mass is 16.5. The predicted molar refractivity (Wildman–Crippen MR) is 95.0 cm³/mol. The van der Waals surface area contributed by atoms with Gasteiger partial charge in [0.2, 0.25) is 0 Å². The van der Waals surface area contributed by atoms with E-state index >= 15 is 0 Å². The van der Waals surface area contributed by atoms with Crippen molar-refractivity contribution < 1.29 is 24.1 Å². The molecular weight excluding hydrogens is 320 g/mol. The zero-order chi connectivity index (χ0) is 17.8. The summed E-state index contributed by atoms with van der Waals surface area (Å²) in [6.45, 7) is 0.185. The van der Waals surface area contributed by atoms with E-state index in [1.165, 1.54) is 0 Å². The summed E-state index contributed by atoms with van der Waals surface area (Å²) in [6.07, 6.45) is 2.24. The molecule has 0 amide bonds. The number of aryl methyl sites for hydroxylation is 1. The summed E-state index contributed by atoms with van der Waals surface area (Å²) < 4.78 is 22.4. The predicted octanol–water partition coefficient (Wildman–Crippen LogP) is 3.31. The smallest absolute Gasteiger partial charge is 0.165 e. The summed E-state index contributed by atoms with van der Waals surface area (Å²) >= 11 is 0. The van der Waals surface area contributed by atoms with E-state index in [0.717, 1.165) is 47.5 Å². The average molecular weight is 344 g/mol. The largest absolute Gasteiger partial charge is 0.493 e. The first-order chi connectivity index (χ1) is 12.2. The lowest BCUT2D eigenvalue weighted by Crippen LogP contribution is -2.04. The van der Waals surface area contributed by atoms with Crippen LogP contribution in [0.5, 0.6) is 23.0 Å². The quantitative estimate of drug-likeness (QED) is 0.835. The van der Waals surface area contributed by atoms with Crippen LogP contribution in [0.4, 0.5) is 0 Å². The van der Waals surface area contributed by atoms with Gasteiger partial charge in [0.25, 0.3) is 0 Å². The molecule has 1 aliphatic heterocycles. The summed E-state index contributed by atoms with van der Waals surface area (Å²) in [6, 6.07) is 9.98. The van der Waals surface area contributed by atoms with Crippen LogP contribution in [0.3, 0.4) is 0 Å². The maximum Gasteiger partial charge on any atom is 0.165 e. The van der Waals surface area contributed by atoms with Crippen molar-refractivity contribution in [1.82, 2.24) is 0 Å². The van der Waals surface area contributed by atoms with Crippen LogP contribution in [0.25, 0.3) is 0 Å². The number of aliphatic hydroxyl groups excluding tert-OH is 1. The molecule has 0 fully saturated rings. The second kappa shape index (κ2) is 7.66. The summed E-state index contributed by atoms with van der Waals surface area (Å²) in [5, 5.41) is 9.05. The molecule has 5 nitrogen and oxygen atoms in total. The van der Waals surface area contributed by atoms with E-state index in [1.807, 2.05) is 24.3 Å². The van der Waals surface area contributed by atoms with E-state index in [0.29, 0.717) is 11.5 Å². The van der Waals surface area contributed by atoms with Gasteiger partial charge >= 0.3 is 0 Å². The molecule has 1 atom stereocenters. The monoisotopic (exact) mass is 344 g/mol. The van der Waals surface area contributed by atoms with Gasteiger partial charge in [-0.2, -0.15) is 0 Å². The van der Waals surface area contributed by atoms with E-state index in [1.54, 1.807) is 21.3 Å². The summed E-state index contributed by atoms with van der Waals surface area (Å²) in [5.74, 6) is 2.93. The highest BCUT2D eigenvalue weighted by Gasteiger charge is 2.28. The molecule has 0 spiro atoms. The standard InChI is InChI=1S/C20H24O5/c1-22-16-7-6-14(11-18(16)23-2)17-12-15-9-13(5-4-8-21)10-19(24-3)20(15)25-17/h6-7,9-11,17,21H,4-5,8,12H2,1-3H3/t17-/m0/s1. The number of methoxy groups -OCH3 is 3. The summed E-state index contributed by atoms with van der Waals surface area (Å²) in [5.41, 5.74) is 3.32. The van der Waals surface area contributed by atoms with Crippen LogP contribution in [-0.4, -0.2) is 33.0 Å². The minimum atomic E-state index is -0.0863. The van der Waals surface area contributed by atoms with Gasteiger partial charge in [0.1, 0.15) is 6.10 Å². The molecule has 3 rings (SSSR count). The molecule has 134 valence electrons. The van der Waals surface area contributed by atoms with Gasteiger partial charge in [-0.25, -0.2) is 0 Å². The Morgan fingerprint density at radius 2 is 1.76 bits per heavy atom. The Kier molecular flexibility index (Phi) is 5.34. The average Bonchev–Trinajstić information content (AvgIpc) is 3.09. The van der Waals surface area contributed by atoms with Crippen LogP contribution in [0.15, 0.2) is 30.3 Å². The van der Waals surface area contributed by atoms with Crippen molar-refractivity contribution in [3.05, 3.63) is 47.0 Å². The fraction of sp³-hybridized carbons (Fsp3) is 0.400. The van der Waals surface area contributed by atoms with Gasteiger partial charge in [0.05, 0.1) is 21.3 Å². The molecule has 1 heterocycles. The SMILES string of the molecule is COc1ccc([C@@H]2Cc3cc(CCCO)cc(OC)c3O2)cc1OC. The molecule has 2 aromatic carbocycles. The van der Waals surface area contributed by atoms with Gasteiger partial charge in [-0.15, -0.1) is 0 Å². The van der Waals surface area contributed by atoms with Gasteiger partial charge in [-0.1, -0.05) is 12.1 Å². The maximum absolute atomic E-state index is 9.05. The van der Waals surface area contributed by atoms with E-state index in [-0.39, 0.29) is 12.7 Å². The van der Waals surface area contributed by atoms with Crippen LogP contribution in [0.2, 0.25) is 0 Å². The van der Waals surface area contributed by atoms with Gasteiger partial charge < -0.3 is 24.1 Å². The Bertz CT molecular complexity index is 741. The van der Waals surface area contributed by atoms with Crippen LogP contribution in [0.1, 0.15) is 29.2 Å². The first-order valence-electron chi connectivity index (χ1n) is 8.39. The van der Waals surface area contributed by atoms with E-state index in [4.69, 9.17) is 24.1 Å². The highest BCUT2D eigenvalue weighted by molar-refractivity contribution is 5.53. The molecule has 1 aliphatic rings. The molecule has 25 heavy (non-hydrogen) atoms. The third-order valence-corrected chi connectivity index (χ3v) is 4.48. The Hall–Kier alpha value is -2.40. The van der Waals surface area contributed by atoms with E-state index in [2.05, 4.69) is 6.07 Å². The van der Waals surface area contributed by atoms with Crippen LogP contribution in [0, 0.1) is 0 Å². The Balaban J connectivity index is 1.87. The fourth-order valence-electron chi connectivity index (χ4n) is 3.21. The first-order valence-corrected chi connectivity index (χ1v) is 8.39. The maximum atomic E-state index is 9.05. The Labute approximate surface area is 148 Å². The second-order valence-corrected chi connectivity index (χ2v) is 6.04. The molecule has 5 heteroatoms. The molecular formula is C20H24O5. The number of hydrogen-bond donors (Lipinski definition) is 1.